The van der Waals surface area contributed by atoms with Crippen molar-refractivity contribution in [1.29, 1.82) is 0 Å². The molecule has 1 atom stereocenters. The molecule has 4 heteroatoms. The van der Waals surface area contributed by atoms with Crippen molar-refractivity contribution in [2.45, 2.75) is 32.6 Å². The van der Waals surface area contributed by atoms with Gasteiger partial charge in [0.25, 0.3) is 0 Å². The van der Waals surface area contributed by atoms with Crippen LogP contribution in [0.15, 0.2) is 12.1 Å². The van der Waals surface area contributed by atoms with Crippen molar-refractivity contribution in [3.8, 4) is 5.75 Å². The molecule has 108 valence electrons. The van der Waals surface area contributed by atoms with Crippen molar-refractivity contribution < 1.29 is 4.74 Å². The van der Waals surface area contributed by atoms with Crippen LogP contribution in [0.3, 0.4) is 0 Å². The molecule has 0 radical (unpaired) electrons. The first-order valence-corrected chi connectivity index (χ1v) is 7.11. The molecule has 0 bridgehead atoms. The van der Waals surface area contributed by atoms with Crippen LogP contribution in [0.25, 0.3) is 0 Å². The summed E-state index contributed by atoms with van der Waals surface area (Å²) in [4.78, 5) is 0. The lowest BCUT2D eigenvalue weighted by molar-refractivity contribution is 0.385. The van der Waals surface area contributed by atoms with E-state index in [4.69, 9.17) is 27.8 Å². The topological polar surface area (TPSA) is 61.3 Å². The molecule has 1 aromatic rings. The van der Waals surface area contributed by atoms with Gasteiger partial charge in [0.15, 0.2) is 0 Å². The molecule has 1 rings (SSSR count). The Morgan fingerprint density at radius 1 is 1.11 bits per heavy atom. The molecule has 0 aromatic heterocycles. The lowest BCUT2D eigenvalue weighted by atomic mass is 9.85. The van der Waals surface area contributed by atoms with Crippen molar-refractivity contribution in [1.82, 2.24) is 0 Å². The number of nitrogens with two attached hydrogens (primary N) is 2. The molecule has 1 aromatic carbocycles. The van der Waals surface area contributed by atoms with Crippen molar-refractivity contribution in [3.63, 3.8) is 0 Å². The van der Waals surface area contributed by atoms with Crippen LogP contribution in [0, 0.1) is 5.92 Å². The van der Waals surface area contributed by atoms with Crippen LogP contribution in [-0.2, 0) is 0 Å². The Bertz CT molecular complexity index is 417. The smallest absolute Gasteiger partial charge is 0.125 e. The molecule has 0 saturated heterocycles. The van der Waals surface area contributed by atoms with Crippen LogP contribution >= 0.6 is 11.6 Å². The van der Waals surface area contributed by atoms with E-state index >= 15 is 0 Å². The van der Waals surface area contributed by atoms with Crippen LogP contribution in [0.2, 0.25) is 5.02 Å². The monoisotopic (exact) mass is 284 g/mol. The van der Waals surface area contributed by atoms with E-state index in [9.17, 15) is 0 Å². The van der Waals surface area contributed by atoms with Crippen LogP contribution in [0.4, 0.5) is 0 Å². The minimum atomic E-state index is 0.223. The maximum atomic E-state index is 6.24. The van der Waals surface area contributed by atoms with E-state index < -0.39 is 0 Å². The van der Waals surface area contributed by atoms with Crippen LogP contribution in [0.5, 0.6) is 5.75 Å². The van der Waals surface area contributed by atoms with E-state index in [-0.39, 0.29) is 11.8 Å². The van der Waals surface area contributed by atoms with E-state index in [0.717, 1.165) is 21.9 Å². The standard InChI is InChI=1S/C15H25ClN2O/c1-9(2)13-5-12(16)6-14(15(13)19-4)10(3)11(7-17)8-18/h5-6,9-11H,7-8,17-18H2,1-4H3. The minimum Gasteiger partial charge on any atom is -0.496 e. The number of hydrogen-bond acceptors (Lipinski definition) is 3. The van der Waals surface area contributed by atoms with Gasteiger partial charge in [0.2, 0.25) is 0 Å². The SMILES string of the molecule is COc1c(C(C)C)cc(Cl)cc1C(C)C(CN)CN. The summed E-state index contributed by atoms with van der Waals surface area (Å²) in [5, 5.41) is 0.735. The number of hydrogen-bond donors (Lipinski definition) is 2. The first kappa shape index (κ1) is 16.3. The lowest BCUT2D eigenvalue weighted by Gasteiger charge is -2.25. The van der Waals surface area contributed by atoms with Crippen LogP contribution in [0.1, 0.15) is 43.7 Å². The predicted molar refractivity (Wildman–Crippen MR) is 82.1 cm³/mol. The second-order valence-corrected chi connectivity index (χ2v) is 5.73. The second-order valence-electron chi connectivity index (χ2n) is 5.29. The van der Waals surface area contributed by atoms with Gasteiger partial charge in [0, 0.05) is 5.02 Å². The number of ether oxygens (including phenoxy) is 1. The summed E-state index contributed by atoms with van der Waals surface area (Å²) in [6.07, 6.45) is 0. The summed E-state index contributed by atoms with van der Waals surface area (Å²) in [5.41, 5.74) is 13.8. The fraction of sp³-hybridized carbons (Fsp3) is 0.600. The van der Waals surface area contributed by atoms with Gasteiger partial charge in [0.05, 0.1) is 7.11 Å². The van der Waals surface area contributed by atoms with Gasteiger partial charge in [-0.25, -0.2) is 0 Å². The maximum absolute atomic E-state index is 6.24. The van der Waals surface area contributed by atoms with E-state index in [1.165, 1.54) is 0 Å². The van der Waals surface area contributed by atoms with Gasteiger partial charge in [-0.05, 0) is 54.1 Å². The Kier molecular flexibility index (Phi) is 6.11. The van der Waals surface area contributed by atoms with Crippen LogP contribution in [-0.4, -0.2) is 20.2 Å². The van der Waals surface area contributed by atoms with Gasteiger partial charge in [-0.2, -0.15) is 0 Å². The average molecular weight is 285 g/mol. The summed E-state index contributed by atoms with van der Waals surface area (Å²) >= 11 is 6.24. The Balaban J connectivity index is 3.33. The average Bonchev–Trinajstić information content (AvgIpc) is 2.38. The zero-order chi connectivity index (χ0) is 14.6. The highest BCUT2D eigenvalue weighted by Crippen LogP contribution is 2.39. The molecule has 0 amide bonds. The fourth-order valence-corrected chi connectivity index (χ4v) is 2.63. The Morgan fingerprint density at radius 2 is 1.63 bits per heavy atom. The third-order valence-electron chi connectivity index (χ3n) is 3.74. The molecule has 0 aliphatic carbocycles. The molecule has 0 saturated carbocycles. The van der Waals surface area contributed by atoms with Crippen molar-refractivity contribution >= 4 is 11.6 Å². The van der Waals surface area contributed by atoms with Crippen molar-refractivity contribution in [3.05, 3.63) is 28.3 Å². The predicted octanol–water partition coefficient (Wildman–Crippen LogP) is 3.11. The third-order valence-corrected chi connectivity index (χ3v) is 3.96. The van der Waals surface area contributed by atoms with Crippen molar-refractivity contribution in [2.24, 2.45) is 17.4 Å². The summed E-state index contributed by atoms with van der Waals surface area (Å²) in [6, 6.07) is 3.94. The summed E-state index contributed by atoms with van der Waals surface area (Å²) in [5.74, 6) is 1.72. The first-order valence-electron chi connectivity index (χ1n) is 6.73. The molecule has 0 spiro atoms. The lowest BCUT2D eigenvalue weighted by Crippen LogP contribution is -2.28. The molecule has 0 heterocycles. The van der Waals surface area contributed by atoms with E-state index in [0.29, 0.717) is 19.0 Å². The maximum Gasteiger partial charge on any atom is 0.125 e. The molecule has 0 fully saturated rings. The molecule has 0 aliphatic heterocycles. The Hall–Kier alpha value is -0.770. The Labute approximate surface area is 121 Å². The van der Waals surface area contributed by atoms with Crippen LogP contribution < -0.4 is 16.2 Å². The summed E-state index contributed by atoms with van der Waals surface area (Å²) < 4.78 is 5.61. The second kappa shape index (κ2) is 7.13. The van der Waals surface area contributed by atoms with Crippen molar-refractivity contribution in [2.75, 3.05) is 20.2 Å². The highest BCUT2D eigenvalue weighted by molar-refractivity contribution is 6.30. The van der Waals surface area contributed by atoms with E-state index in [1.54, 1.807) is 7.11 Å². The fourth-order valence-electron chi connectivity index (χ4n) is 2.40. The van der Waals surface area contributed by atoms with E-state index in [1.807, 2.05) is 12.1 Å². The van der Waals surface area contributed by atoms with Gasteiger partial charge in [0.1, 0.15) is 5.75 Å². The highest BCUT2D eigenvalue weighted by atomic mass is 35.5. The first-order chi connectivity index (χ1) is 8.96. The summed E-state index contributed by atoms with van der Waals surface area (Å²) in [6.45, 7) is 7.51. The number of methoxy groups -OCH3 is 1. The van der Waals surface area contributed by atoms with Gasteiger partial charge < -0.3 is 16.2 Å². The molecule has 19 heavy (non-hydrogen) atoms. The highest BCUT2D eigenvalue weighted by Gasteiger charge is 2.23. The number of halogens is 1. The van der Waals surface area contributed by atoms with Gasteiger partial charge >= 0.3 is 0 Å². The molecular formula is C15H25ClN2O. The molecule has 0 aliphatic rings. The zero-order valence-electron chi connectivity index (χ0n) is 12.2. The molecule has 1 unspecified atom stereocenters. The molecule has 3 nitrogen and oxygen atoms in total. The summed E-state index contributed by atoms with van der Waals surface area (Å²) in [7, 11) is 1.70. The normalized spacial score (nSPS) is 13.1. The Morgan fingerprint density at radius 3 is 2.05 bits per heavy atom. The zero-order valence-corrected chi connectivity index (χ0v) is 13.0. The van der Waals surface area contributed by atoms with Gasteiger partial charge in [-0.1, -0.05) is 32.4 Å². The quantitative estimate of drug-likeness (QED) is 0.844. The van der Waals surface area contributed by atoms with Gasteiger partial charge in [-0.3, -0.25) is 0 Å². The largest absolute Gasteiger partial charge is 0.496 e. The third kappa shape index (κ3) is 3.62. The van der Waals surface area contributed by atoms with E-state index in [2.05, 4.69) is 20.8 Å². The molecule has 4 N–H and O–H groups in total. The number of benzene rings is 1. The van der Waals surface area contributed by atoms with Gasteiger partial charge in [-0.15, -0.1) is 0 Å². The molecular weight excluding hydrogens is 260 g/mol. The number of rotatable bonds is 6. The minimum absolute atomic E-state index is 0.223.